The summed E-state index contributed by atoms with van der Waals surface area (Å²) >= 11 is 0. The third kappa shape index (κ3) is 2.25. The predicted octanol–water partition coefficient (Wildman–Crippen LogP) is 2.25. The van der Waals surface area contributed by atoms with E-state index in [1.165, 1.54) is 0 Å². The molecule has 20 heavy (non-hydrogen) atoms. The minimum atomic E-state index is -0.574. The Bertz CT molecular complexity index is 526. The van der Waals surface area contributed by atoms with Gasteiger partial charge < -0.3 is 14.4 Å². The molecule has 6 nitrogen and oxygen atoms in total. The molecule has 2 saturated heterocycles. The third-order valence-corrected chi connectivity index (χ3v) is 3.97. The SMILES string of the molecule is Cc1cccc(N2CCCC3(C2)OCCO3)c1[N+](=O)[O-]. The molecule has 0 aliphatic carbocycles. The Morgan fingerprint density at radius 2 is 2.10 bits per heavy atom. The summed E-state index contributed by atoms with van der Waals surface area (Å²) in [6, 6.07) is 5.43. The molecule has 0 atom stereocenters. The van der Waals surface area contributed by atoms with Crippen LogP contribution in [0.25, 0.3) is 0 Å². The first kappa shape index (κ1) is 13.3. The van der Waals surface area contributed by atoms with Gasteiger partial charge in [0.1, 0.15) is 5.69 Å². The van der Waals surface area contributed by atoms with Crippen molar-refractivity contribution >= 4 is 11.4 Å². The molecule has 0 bridgehead atoms. The van der Waals surface area contributed by atoms with Crippen LogP contribution in [0, 0.1) is 17.0 Å². The number of hydrogen-bond acceptors (Lipinski definition) is 5. The number of nitro benzene ring substituents is 1. The van der Waals surface area contributed by atoms with Crippen LogP contribution in [0.5, 0.6) is 0 Å². The fourth-order valence-corrected chi connectivity index (χ4v) is 3.06. The molecule has 3 rings (SSSR count). The summed E-state index contributed by atoms with van der Waals surface area (Å²) in [6.45, 7) is 4.31. The fraction of sp³-hybridized carbons (Fsp3) is 0.571. The van der Waals surface area contributed by atoms with Gasteiger partial charge in [-0.3, -0.25) is 10.1 Å². The fourth-order valence-electron chi connectivity index (χ4n) is 3.06. The van der Waals surface area contributed by atoms with Gasteiger partial charge in [-0.05, 0) is 19.4 Å². The molecule has 2 aliphatic heterocycles. The van der Waals surface area contributed by atoms with Crippen molar-refractivity contribution < 1.29 is 14.4 Å². The largest absolute Gasteiger partial charge is 0.361 e. The average Bonchev–Trinajstić information content (AvgIpc) is 2.86. The molecule has 2 fully saturated rings. The van der Waals surface area contributed by atoms with Gasteiger partial charge in [0.25, 0.3) is 5.69 Å². The number of benzene rings is 1. The topological polar surface area (TPSA) is 64.8 Å². The summed E-state index contributed by atoms with van der Waals surface area (Å²) < 4.78 is 11.5. The molecular formula is C14H18N2O4. The Labute approximate surface area is 117 Å². The van der Waals surface area contributed by atoms with Crippen molar-refractivity contribution in [3.8, 4) is 0 Å². The highest BCUT2D eigenvalue weighted by Crippen LogP contribution is 2.37. The molecule has 108 valence electrons. The monoisotopic (exact) mass is 278 g/mol. The van der Waals surface area contributed by atoms with E-state index >= 15 is 0 Å². The number of piperidine rings is 1. The molecule has 1 aromatic rings. The van der Waals surface area contributed by atoms with Gasteiger partial charge in [0.05, 0.1) is 24.7 Å². The van der Waals surface area contributed by atoms with E-state index in [2.05, 4.69) is 0 Å². The van der Waals surface area contributed by atoms with E-state index < -0.39 is 5.79 Å². The van der Waals surface area contributed by atoms with Crippen molar-refractivity contribution in [3.05, 3.63) is 33.9 Å². The van der Waals surface area contributed by atoms with Gasteiger partial charge in [0, 0.05) is 18.5 Å². The average molecular weight is 278 g/mol. The number of para-hydroxylation sites is 1. The van der Waals surface area contributed by atoms with Crippen LogP contribution in [0.15, 0.2) is 18.2 Å². The first-order valence-electron chi connectivity index (χ1n) is 6.88. The Morgan fingerprint density at radius 1 is 1.35 bits per heavy atom. The predicted molar refractivity (Wildman–Crippen MR) is 73.9 cm³/mol. The van der Waals surface area contributed by atoms with Crippen molar-refractivity contribution in [2.45, 2.75) is 25.6 Å². The van der Waals surface area contributed by atoms with Gasteiger partial charge in [0.2, 0.25) is 0 Å². The maximum Gasteiger partial charge on any atom is 0.295 e. The lowest BCUT2D eigenvalue weighted by Gasteiger charge is -2.39. The Hall–Kier alpha value is -1.66. The van der Waals surface area contributed by atoms with E-state index in [0.29, 0.717) is 31.0 Å². The van der Waals surface area contributed by atoms with E-state index in [1.54, 1.807) is 19.1 Å². The number of anilines is 1. The summed E-state index contributed by atoms with van der Waals surface area (Å²) in [7, 11) is 0. The summed E-state index contributed by atoms with van der Waals surface area (Å²) in [5.74, 6) is -0.574. The molecule has 2 aliphatic rings. The summed E-state index contributed by atoms with van der Waals surface area (Å²) in [6.07, 6.45) is 1.76. The minimum Gasteiger partial charge on any atom is -0.361 e. The van der Waals surface area contributed by atoms with Crippen molar-refractivity contribution in [1.82, 2.24) is 0 Å². The molecule has 0 amide bonds. The number of nitrogens with zero attached hydrogens (tertiary/aromatic N) is 2. The van der Waals surface area contributed by atoms with E-state index in [4.69, 9.17) is 9.47 Å². The Kier molecular flexibility index (Phi) is 3.35. The van der Waals surface area contributed by atoms with Crippen LogP contribution in [-0.2, 0) is 9.47 Å². The molecule has 0 aromatic heterocycles. The van der Waals surface area contributed by atoms with Gasteiger partial charge in [-0.15, -0.1) is 0 Å². The molecule has 1 spiro atoms. The van der Waals surface area contributed by atoms with E-state index in [0.717, 1.165) is 19.4 Å². The van der Waals surface area contributed by atoms with Gasteiger partial charge in [0.15, 0.2) is 5.79 Å². The van der Waals surface area contributed by atoms with Crippen molar-refractivity contribution in [1.29, 1.82) is 0 Å². The molecule has 0 N–H and O–H groups in total. The van der Waals surface area contributed by atoms with Gasteiger partial charge in [-0.25, -0.2) is 0 Å². The van der Waals surface area contributed by atoms with Crippen LogP contribution < -0.4 is 4.90 Å². The van der Waals surface area contributed by atoms with Gasteiger partial charge in [-0.2, -0.15) is 0 Å². The van der Waals surface area contributed by atoms with Crippen molar-refractivity contribution in [2.75, 3.05) is 31.2 Å². The lowest BCUT2D eigenvalue weighted by molar-refractivity contribution is -0.384. The van der Waals surface area contributed by atoms with Crippen LogP contribution in [-0.4, -0.2) is 37.0 Å². The minimum absolute atomic E-state index is 0.183. The second-order valence-electron chi connectivity index (χ2n) is 5.33. The number of rotatable bonds is 2. The highest BCUT2D eigenvalue weighted by molar-refractivity contribution is 5.67. The Morgan fingerprint density at radius 3 is 2.80 bits per heavy atom. The van der Waals surface area contributed by atoms with E-state index in [9.17, 15) is 10.1 Å². The van der Waals surface area contributed by atoms with Gasteiger partial charge in [-0.1, -0.05) is 12.1 Å². The number of hydrogen-bond donors (Lipinski definition) is 0. The third-order valence-electron chi connectivity index (χ3n) is 3.97. The molecule has 0 radical (unpaired) electrons. The smallest absolute Gasteiger partial charge is 0.295 e. The maximum absolute atomic E-state index is 11.3. The van der Waals surface area contributed by atoms with Crippen molar-refractivity contribution in [3.63, 3.8) is 0 Å². The van der Waals surface area contributed by atoms with Crippen molar-refractivity contribution in [2.24, 2.45) is 0 Å². The zero-order valence-corrected chi connectivity index (χ0v) is 11.5. The number of ether oxygens (including phenoxy) is 2. The standard InChI is InChI=1S/C14H18N2O4/c1-11-4-2-5-12(13(11)16(17)18)15-7-3-6-14(10-15)19-8-9-20-14/h2,4-5H,3,6-10H2,1H3. The lowest BCUT2D eigenvalue weighted by atomic mass is 10.0. The van der Waals surface area contributed by atoms with Crippen LogP contribution in [0.4, 0.5) is 11.4 Å². The van der Waals surface area contributed by atoms with Crippen LogP contribution in [0.3, 0.4) is 0 Å². The first-order valence-corrected chi connectivity index (χ1v) is 6.88. The number of nitro groups is 1. The zero-order valence-electron chi connectivity index (χ0n) is 11.5. The molecule has 0 unspecified atom stereocenters. The number of aryl methyl sites for hydroxylation is 1. The Balaban J connectivity index is 1.93. The molecule has 6 heteroatoms. The molecule has 1 aromatic carbocycles. The zero-order chi connectivity index (χ0) is 14.2. The van der Waals surface area contributed by atoms with Crippen LogP contribution >= 0.6 is 0 Å². The molecular weight excluding hydrogens is 260 g/mol. The second-order valence-corrected chi connectivity index (χ2v) is 5.33. The van der Waals surface area contributed by atoms with Crippen LogP contribution in [0.1, 0.15) is 18.4 Å². The summed E-state index contributed by atoms with van der Waals surface area (Å²) in [4.78, 5) is 13.0. The highest BCUT2D eigenvalue weighted by atomic mass is 16.7. The summed E-state index contributed by atoms with van der Waals surface area (Å²) in [5, 5.41) is 11.3. The molecule has 2 heterocycles. The quantitative estimate of drug-likeness (QED) is 0.613. The first-order chi connectivity index (χ1) is 9.61. The van der Waals surface area contributed by atoms with E-state index in [1.807, 2.05) is 11.0 Å². The van der Waals surface area contributed by atoms with Gasteiger partial charge >= 0.3 is 0 Å². The maximum atomic E-state index is 11.3. The summed E-state index contributed by atoms with van der Waals surface area (Å²) in [5.41, 5.74) is 1.52. The normalized spacial score (nSPS) is 21.4. The van der Waals surface area contributed by atoms with E-state index in [-0.39, 0.29) is 10.6 Å². The molecule has 0 saturated carbocycles. The second kappa shape index (κ2) is 5.03. The highest BCUT2D eigenvalue weighted by Gasteiger charge is 2.42. The van der Waals surface area contributed by atoms with Crippen LogP contribution in [0.2, 0.25) is 0 Å². The lowest BCUT2D eigenvalue weighted by Crippen LogP contribution is -2.49.